The van der Waals surface area contributed by atoms with E-state index in [1.54, 1.807) is 26.0 Å². The van der Waals surface area contributed by atoms with Crippen LogP contribution >= 0.6 is 34.8 Å². The molecule has 14 heteroatoms. The summed E-state index contributed by atoms with van der Waals surface area (Å²) in [6.45, 7) is 2.34. The van der Waals surface area contributed by atoms with Gasteiger partial charge in [-0.2, -0.15) is 13.2 Å². The Morgan fingerprint density at radius 3 is 2.19 bits per heavy atom. The molecule has 254 valence electrons. The van der Waals surface area contributed by atoms with Gasteiger partial charge in [0.1, 0.15) is 12.6 Å². The zero-order valence-electron chi connectivity index (χ0n) is 25.8. The van der Waals surface area contributed by atoms with Gasteiger partial charge in [0.25, 0.3) is 10.0 Å². The molecule has 0 radical (unpaired) electrons. The molecule has 1 N–H and O–H groups in total. The molecule has 1 aliphatic carbocycles. The zero-order chi connectivity index (χ0) is 34.5. The first-order valence-corrected chi connectivity index (χ1v) is 17.7. The molecule has 0 spiro atoms. The van der Waals surface area contributed by atoms with Crippen molar-refractivity contribution in [3.63, 3.8) is 0 Å². The Hall–Kier alpha value is -2.99. The first-order chi connectivity index (χ1) is 22.1. The van der Waals surface area contributed by atoms with Gasteiger partial charge in [-0.3, -0.25) is 13.9 Å². The summed E-state index contributed by atoms with van der Waals surface area (Å²) in [6, 6.07) is 11.8. The summed E-state index contributed by atoms with van der Waals surface area (Å²) < 4.78 is 70.4. The molecule has 0 unspecified atom stereocenters. The van der Waals surface area contributed by atoms with Crippen LogP contribution in [0.25, 0.3) is 0 Å². The van der Waals surface area contributed by atoms with Crippen molar-refractivity contribution >= 4 is 62.3 Å². The number of amides is 2. The second kappa shape index (κ2) is 15.5. The molecule has 1 aliphatic rings. The lowest BCUT2D eigenvalue weighted by Crippen LogP contribution is -2.54. The Balaban J connectivity index is 1.79. The molecule has 1 atom stereocenters. The van der Waals surface area contributed by atoms with Gasteiger partial charge in [0, 0.05) is 22.6 Å². The maximum Gasteiger partial charge on any atom is 0.417 e. The molecule has 3 aromatic rings. The third-order valence-corrected chi connectivity index (χ3v) is 10.8. The summed E-state index contributed by atoms with van der Waals surface area (Å²) in [7, 11) is -4.61. The average Bonchev–Trinajstić information content (AvgIpc) is 3.01. The highest BCUT2D eigenvalue weighted by Gasteiger charge is 2.37. The summed E-state index contributed by atoms with van der Waals surface area (Å²) in [5.41, 5.74) is -0.513. The van der Waals surface area contributed by atoms with Crippen molar-refractivity contribution in [1.29, 1.82) is 0 Å². The summed E-state index contributed by atoms with van der Waals surface area (Å²) in [6.07, 6.45) is -0.179. The third kappa shape index (κ3) is 9.13. The number of sulfonamides is 1. The number of rotatable bonds is 11. The largest absolute Gasteiger partial charge is 0.417 e. The van der Waals surface area contributed by atoms with Gasteiger partial charge in [-0.1, -0.05) is 84.8 Å². The Labute approximate surface area is 288 Å². The van der Waals surface area contributed by atoms with Gasteiger partial charge in [0.2, 0.25) is 11.8 Å². The van der Waals surface area contributed by atoms with Crippen LogP contribution in [0.3, 0.4) is 0 Å². The Morgan fingerprint density at radius 1 is 0.936 bits per heavy atom. The van der Waals surface area contributed by atoms with Crippen LogP contribution in [0.1, 0.15) is 62.1 Å². The Morgan fingerprint density at radius 2 is 1.60 bits per heavy atom. The van der Waals surface area contributed by atoms with Crippen molar-refractivity contribution in [2.24, 2.45) is 0 Å². The summed E-state index contributed by atoms with van der Waals surface area (Å²) in [5.74, 6) is -1.25. The minimum Gasteiger partial charge on any atom is -0.352 e. The number of benzene rings is 3. The van der Waals surface area contributed by atoms with E-state index < -0.39 is 56.9 Å². The van der Waals surface area contributed by atoms with Gasteiger partial charge < -0.3 is 10.2 Å². The fraction of sp³-hybridized carbons (Fsp3) is 0.394. The van der Waals surface area contributed by atoms with Crippen LogP contribution in [-0.4, -0.2) is 43.8 Å². The highest BCUT2D eigenvalue weighted by molar-refractivity contribution is 7.92. The SMILES string of the molecule is CC[C@H](C(=O)NC1CCCCC1)N(Cc1ccc(Cl)cc1Cl)C(=O)CN(c1ccc(Cl)c(C(F)(F)F)c1)S(=O)(=O)c1ccc(C)cc1. The van der Waals surface area contributed by atoms with Crippen LogP contribution in [0.15, 0.2) is 65.6 Å². The summed E-state index contributed by atoms with van der Waals surface area (Å²) in [5, 5.41) is 2.96. The predicted octanol–water partition coefficient (Wildman–Crippen LogP) is 8.43. The minimum atomic E-state index is -4.90. The molecule has 47 heavy (non-hydrogen) atoms. The van der Waals surface area contributed by atoms with E-state index in [1.165, 1.54) is 35.2 Å². The molecule has 7 nitrogen and oxygen atoms in total. The fourth-order valence-electron chi connectivity index (χ4n) is 5.55. The van der Waals surface area contributed by atoms with E-state index in [1.807, 2.05) is 0 Å². The lowest BCUT2D eigenvalue weighted by Gasteiger charge is -2.34. The van der Waals surface area contributed by atoms with Gasteiger partial charge >= 0.3 is 6.18 Å². The zero-order valence-corrected chi connectivity index (χ0v) is 28.9. The molecular formula is C33H35Cl3F3N3O4S. The number of nitrogens with one attached hydrogen (secondary N) is 1. The monoisotopic (exact) mass is 731 g/mol. The molecule has 0 saturated heterocycles. The maximum absolute atomic E-state index is 14.3. The number of carbonyl (C=O) groups is 2. The number of nitrogens with zero attached hydrogens (tertiary/aromatic N) is 2. The number of carbonyl (C=O) groups excluding carboxylic acids is 2. The molecule has 0 bridgehead atoms. The predicted molar refractivity (Wildman–Crippen MR) is 178 cm³/mol. The molecule has 1 fully saturated rings. The second-order valence-electron chi connectivity index (χ2n) is 11.5. The van der Waals surface area contributed by atoms with Crippen LogP contribution < -0.4 is 9.62 Å². The van der Waals surface area contributed by atoms with Gasteiger partial charge in [-0.25, -0.2) is 8.42 Å². The lowest BCUT2D eigenvalue weighted by molar-refractivity contribution is -0.140. The second-order valence-corrected chi connectivity index (χ2v) is 14.6. The third-order valence-electron chi connectivity index (χ3n) is 8.12. The number of aryl methyl sites for hydroxylation is 1. The first-order valence-electron chi connectivity index (χ1n) is 15.1. The van der Waals surface area contributed by atoms with Crippen molar-refractivity contribution in [2.45, 2.75) is 82.1 Å². The van der Waals surface area contributed by atoms with E-state index in [2.05, 4.69) is 5.32 Å². The van der Waals surface area contributed by atoms with Crippen LogP contribution in [0.2, 0.25) is 15.1 Å². The van der Waals surface area contributed by atoms with Gasteiger partial charge in [-0.05, 0) is 74.2 Å². The summed E-state index contributed by atoms with van der Waals surface area (Å²) in [4.78, 5) is 29.0. The van der Waals surface area contributed by atoms with Crippen LogP contribution in [0.4, 0.5) is 18.9 Å². The first kappa shape index (κ1) is 36.8. The molecule has 0 aliphatic heterocycles. The van der Waals surface area contributed by atoms with Crippen LogP contribution in [0, 0.1) is 6.92 Å². The van der Waals surface area contributed by atoms with E-state index in [0.717, 1.165) is 49.8 Å². The van der Waals surface area contributed by atoms with E-state index in [-0.39, 0.29) is 28.9 Å². The smallest absolute Gasteiger partial charge is 0.352 e. The molecule has 1 saturated carbocycles. The van der Waals surface area contributed by atoms with Crippen LogP contribution in [0.5, 0.6) is 0 Å². The maximum atomic E-state index is 14.3. The molecule has 3 aromatic carbocycles. The standard InChI is InChI=1S/C33H35Cl3F3N3O4S/c1-3-30(32(44)40-24-7-5-4-6-8-24)41(19-22-11-12-23(34)17-29(22)36)31(43)20-42(47(45,46)26-14-9-21(2)10-15-26)25-13-16-28(35)27(18-25)33(37,38)39/h9-18,24,30H,3-8,19-20H2,1-2H3,(H,40,44)/t30-/m1/s1. The van der Waals surface area contributed by atoms with E-state index in [0.29, 0.717) is 21.0 Å². The normalized spacial score (nSPS) is 14.8. The molecule has 4 rings (SSSR count). The van der Waals surface area contributed by atoms with Gasteiger partial charge in [0.05, 0.1) is 21.2 Å². The number of hydrogen-bond acceptors (Lipinski definition) is 4. The lowest BCUT2D eigenvalue weighted by atomic mass is 9.95. The quantitative estimate of drug-likeness (QED) is 0.215. The molecule has 0 heterocycles. The van der Waals surface area contributed by atoms with Crippen LogP contribution in [-0.2, 0) is 32.3 Å². The summed E-state index contributed by atoms with van der Waals surface area (Å²) >= 11 is 18.4. The number of anilines is 1. The van der Waals surface area contributed by atoms with E-state index >= 15 is 0 Å². The molecule has 2 amide bonds. The minimum absolute atomic E-state index is 0.0744. The Kier molecular flexibility index (Phi) is 12.1. The van der Waals surface area contributed by atoms with Crippen molar-refractivity contribution < 1.29 is 31.2 Å². The fourth-order valence-corrected chi connectivity index (χ4v) is 7.65. The van der Waals surface area contributed by atoms with Crippen molar-refractivity contribution in [3.8, 4) is 0 Å². The van der Waals surface area contributed by atoms with E-state index in [9.17, 15) is 31.2 Å². The molecule has 0 aromatic heterocycles. The highest BCUT2D eigenvalue weighted by atomic mass is 35.5. The highest BCUT2D eigenvalue weighted by Crippen LogP contribution is 2.38. The van der Waals surface area contributed by atoms with Crippen molar-refractivity contribution in [3.05, 3.63) is 92.4 Å². The van der Waals surface area contributed by atoms with Crippen molar-refractivity contribution in [1.82, 2.24) is 10.2 Å². The number of hydrogen-bond donors (Lipinski definition) is 1. The average molecular weight is 733 g/mol. The van der Waals surface area contributed by atoms with Gasteiger partial charge in [-0.15, -0.1) is 0 Å². The van der Waals surface area contributed by atoms with Gasteiger partial charge in [0.15, 0.2) is 0 Å². The molecular weight excluding hydrogens is 698 g/mol. The topological polar surface area (TPSA) is 86.8 Å². The van der Waals surface area contributed by atoms with E-state index in [4.69, 9.17) is 34.8 Å². The number of alkyl halides is 3. The van der Waals surface area contributed by atoms with Crippen molar-refractivity contribution in [2.75, 3.05) is 10.8 Å². The number of halogens is 6. The Bertz CT molecular complexity index is 1700.